The average Bonchev–Trinajstić information content (AvgIpc) is 3.01. The van der Waals surface area contributed by atoms with Crippen LogP contribution in [-0.2, 0) is 24.8 Å². The van der Waals surface area contributed by atoms with E-state index in [0.29, 0.717) is 12.4 Å². The summed E-state index contributed by atoms with van der Waals surface area (Å²) < 4.78 is 12.0. The number of fused-ring (bicyclic) bond motifs is 1. The van der Waals surface area contributed by atoms with Gasteiger partial charge >= 0.3 is 11.9 Å². The van der Waals surface area contributed by atoms with Crippen LogP contribution in [0.2, 0.25) is 0 Å². The number of imidazole rings is 1. The highest BCUT2D eigenvalue weighted by molar-refractivity contribution is 7.99. The number of carbonyl (C=O) groups excluding carboxylic acids is 2. The predicted octanol–water partition coefficient (Wildman–Crippen LogP) is 2.45. The lowest BCUT2D eigenvalue weighted by Crippen LogP contribution is -2.25. The summed E-state index contributed by atoms with van der Waals surface area (Å²) in [6, 6.07) is 5.80. The fourth-order valence-electron chi connectivity index (χ4n) is 2.13. The summed E-state index contributed by atoms with van der Waals surface area (Å²) in [7, 11) is 0. The van der Waals surface area contributed by atoms with E-state index in [2.05, 4.69) is 4.98 Å². The minimum Gasteiger partial charge on any atom is -0.466 e. The molecule has 1 atom stereocenters. The van der Waals surface area contributed by atoms with Gasteiger partial charge in [0.1, 0.15) is 10.9 Å². The van der Waals surface area contributed by atoms with Crippen molar-refractivity contribution >= 4 is 29.3 Å². The third-order valence-electron chi connectivity index (χ3n) is 3.15. The fraction of sp³-hybridized carbons (Fsp3) is 0.438. The Morgan fingerprint density at radius 1 is 1.26 bits per heavy atom. The molecule has 7 heteroatoms. The number of aromatic nitrogens is 2. The molecule has 23 heavy (non-hydrogen) atoms. The number of ether oxygens (including phenoxy) is 2. The standard InChI is InChI=1S/C16H20N2O4S/c1-3-21-15(19)10-13(16(20)22-4-2)23-11-12-6-5-7-14-17-8-9-18(12)14/h5-9,13H,3-4,10-11H2,1-2H3. The first-order valence-electron chi connectivity index (χ1n) is 7.50. The molecule has 0 saturated heterocycles. The van der Waals surface area contributed by atoms with Gasteiger partial charge < -0.3 is 13.9 Å². The summed E-state index contributed by atoms with van der Waals surface area (Å²) in [5.74, 6) is -0.210. The van der Waals surface area contributed by atoms with Crippen LogP contribution in [0, 0.1) is 0 Å². The predicted molar refractivity (Wildman–Crippen MR) is 88.2 cm³/mol. The molecule has 6 nitrogen and oxygen atoms in total. The maximum atomic E-state index is 12.0. The van der Waals surface area contributed by atoms with Crippen molar-refractivity contribution in [3.63, 3.8) is 0 Å². The van der Waals surface area contributed by atoms with Crippen LogP contribution in [-0.4, -0.2) is 39.8 Å². The van der Waals surface area contributed by atoms with Crippen molar-refractivity contribution in [2.24, 2.45) is 0 Å². The normalized spacial score (nSPS) is 12.1. The van der Waals surface area contributed by atoms with E-state index >= 15 is 0 Å². The lowest BCUT2D eigenvalue weighted by molar-refractivity contribution is -0.149. The number of esters is 2. The molecule has 1 unspecified atom stereocenters. The molecule has 0 amide bonds. The van der Waals surface area contributed by atoms with Crippen molar-refractivity contribution in [1.82, 2.24) is 9.38 Å². The Bertz CT molecular complexity index is 671. The molecule has 0 aliphatic carbocycles. The quantitative estimate of drug-likeness (QED) is 0.690. The second kappa shape index (κ2) is 8.57. The van der Waals surface area contributed by atoms with Gasteiger partial charge in [0.05, 0.1) is 19.6 Å². The summed E-state index contributed by atoms with van der Waals surface area (Å²) in [5.41, 5.74) is 1.85. The average molecular weight is 336 g/mol. The van der Waals surface area contributed by atoms with Gasteiger partial charge in [0.2, 0.25) is 0 Å². The van der Waals surface area contributed by atoms with E-state index in [9.17, 15) is 9.59 Å². The van der Waals surface area contributed by atoms with Crippen LogP contribution in [0.3, 0.4) is 0 Å². The number of rotatable bonds is 8. The van der Waals surface area contributed by atoms with E-state index in [4.69, 9.17) is 9.47 Å². The molecule has 2 aromatic heterocycles. The van der Waals surface area contributed by atoms with Crippen LogP contribution < -0.4 is 0 Å². The molecule has 0 saturated carbocycles. The zero-order valence-electron chi connectivity index (χ0n) is 13.2. The van der Waals surface area contributed by atoms with Gasteiger partial charge in [-0.15, -0.1) is 11.8 Å². The monoisotopic (exact) mass is 336 g/mol. The van der Waals surface area contributed by atoms with E-state index in [1.165, 1.54) is 11.8 Å². The highest BCUT2D eigenvalue weighted by Crippen LogP contribution is 2.23. The van der Waals surface area contributed by atoms with Gasteiger partial charge in [-0.05, 0) is 26.0 Å². The molecule has 0 fully saturated rings. The number of carbonyl (C=O) groups is 2. The first kappa shape index (κ1) is 17.3. The van der Waals surface area contributed by atoms with Gasteiger partial charge in [-0.3, -0.25) is 9.59 Å². The van der Waals surface area contributed by atoms with E-state index in [0.717, 1.165) is 11.3 Å². The molecule has 0 spiro atoms. The molecular formula is C16H20N2O4S. The van der Waals surface area contributed by atoms with Gasteiger partial charge in [-0.2, -0.15) is 0 Å². The Kier molecular flexibility index (Phi) is 6.46. The minimum absolute atomic E-state index is 0.0112. The number of hydrogen-bond donors (Lipinski definition) is 0. The highest BCUT2D eigenvalue weighted by Gasteiger charge is 2.24. The summed E-state index contributed by atoms with van der Waals surface area (Å²) in [6.07, 6.45) is 3.61. The zero-order chi connectivity index (χ0) is 16.7. The Labute approximate surface area is 139 Å². The number of hydrogen-bond acceptors (Lipinski definition) is 6. The second-order valence-electron chi connectivity index (χ2n) is 4.73. The highest BCUT2D eigenvalue weighted by atomic mass is 32.2. The summed E-state index contributed by atoms with van der Waals surface area (Å²) in [6.45, 7) is 4.07. The lowest BCUT2D eigenvalue weighted by Gasteiger charge is -2.15. The third-order valence-corrected chi connectivity index (χ3v) is 4.38. The Hall–Kier alpha value is -2.02. The van der Waals surface area contributed by atoms with Gasteiger partial charge in [-0.25, -0.2) is 4.98 Å². The van der Waals surface area contributed by atoms with Crippen LogP contribution in [0.25, 0.3) is 5.65 Å². The molecule has 2 aromatic rings. The second-order valence-corrected chi connectivity index (χ2v) is 5.92. The third kappa shape index (κ3) is 4.72. The number of pyridine rings is 1. The summed E-state index contributed by atoms with van der Waals surface area (Å²) in [4.78, 5) is 28.0. The van der Waals surface area contributed by atoms with Gasteiger partial charge in [0, 0.05) is 23.8 Å². The van der Waals surface area contributed by atoms with Crippen LogP contribution in [0.4, 0.5) is 0 Å². The van der Waals surface area contributed by atoms with Crippen molar-refractivity contribution in [2.75, 3.05) is 13.2 Å². The lowest BCUT2D eigenvalue weighted by atomic mass is 10.3. The molecule has 0 bridgehead atoms. The maximum absolute atomic E-state index is 12.0. The molecule has 0 aliphatic rings. The molecule has 0 radical (unpaired) electrons. The van der Waals surface area contributed by atoms with Crippen LogP contribution >= 0.6 is 11.8 Å². The van der Waals surface area contributed by atoms with Gasteiger partial charge in [0.15, 0.2) is 0 Å². The first-order valence-corrected chi connectivity index (χ1v) is 8.55. The molecular weight excluding hydrogens is 316 g/mol. The smallest absolute Gasteiger partial charge is 0.319 e. The SMILES string of the molecule is CCOC(=O)CC(SCc1cccc2nccn12)C(=O)OCC. The van der Waals surface area contributed by atoms with Crippen molar-refractivity contribution in [3.05, 3.63) is 36.3 Å². The van der Waals surface area contributed by atoms with Crippen molar-refractivity contribution in [1.29, 1.82) is 0 Å². The van der Waals surface area contributed by atoms with Crippen LogP contribution in [0.1, 0.15) is 26.0 Å². The number of nitrogens with zero attached hydrogens (tertiary/aromatic N) is 2. The van der Waals surface area contributed by atoms with Crippen molar-refractivity contribution < 1.29 is 19.1 Å². The zero-order valence-corrected chi connectivity index (χ0v) is 14.0. The maximum Gasteiger partial charge on any atom is 0.319 e. The molecule has 0 aliphatic heterocycles. The fourth-order valence-corrected chi connectivity index (χ4v) is 3.19. The van der Waals surface area contributed by atoms with Gasteiger partial charge in [-0.1, -0.05) is 6.07 Å². The van der Waals surface area contributed by atoms with Crippen LogP contribution in [0.5, 0.6) is 0 Å². The van der Waals surface area contributed by atoms with Crippen molar-refractivity contribution in [3.8, 4) is 0 Å². The van der Waals surface area contributed by atoms with E-state index < -0.39 is 5.25 Å². The minimum atomic E-state index is -0.576. The van der Waals surface area contributed by atoms with Crippen molar-refractivity contribution in [2.45, 2.75) is 31.3 Å². The van der Waals surface area contributed by atoms with E-state index in [-0.39, 0.29) is 25.0 Å². The molecule has 0 N–H and O–H groups in total. The van der Waals surface area contributed by atoms with Crippen LogP contribution in [0.15, 0.2) is 30.6 Å². The summed E-state index contributed by atoms with van der Waals surface area (Å²) in [5, 5.41) is -0.576. The largest absolute Gasteiger partial charge is 0.466 e. The Morgan fingerprint density at radius 2 is 2.04 bits per heavy atom. The first-order chi connectivity index (χ1) is 11.2. The topological polar surface area (TPSA) is 69.9 Å². The van der Waals surface area contributed by atoms with E-state index in [1.54, 1.807) is 20.0 Å². The Morgan fingerprint density at radius 3 is 2.78 bits per heavy atom. The van der Waals surface area contributed by atoms with Gasteiger partial charge in [0.25, 0.3) is 0 Å². The molecule has 2 rings (SSSR count). The van der Waals surface area contributed by atoms with E-state index in [1.807, 2.05) is 28.8 Å². The summed E-state index contributed by atoms with van der Waals surface area (Å²) >= 11 is 1.37. The molecule has 0 aromatic carbocycles. The number of thioether (sulfide) groups is 1. The Balaban J connectivity index is 2.06. The molecule has 2 heterocycles. The molecule has 124 valence electrons.